The second-order valence-corrected chi connectivity index (χ2v) is 9.70. The van der Waals surface area contributed by atoms with Crippen LogP contribution in [0.3, 0.4) is 0 Å². The van der Waals surface area contributed by atoms with Crippen LogP contribution in [0.4, 0.5) is 17.1 Å². The molecule has 0 saturated carbocycles. The first-order chi connectivity index (χ1) is 14.3. The van der Waals surface area contributed by atoms with Crippen molar-refractivity contribution in [3.63, 3.8) is 0 Å². The SMILES string of the molecule is CCc1ccc(N([C@@H](C)C(=O)Nc2ccc(N3CCCCC3)cc2)S(C)(=O)=O)cc1. The molecule has 0 aliphatic carbocycles. The molecule has 0 radical (unpaired) electrons. The Labute approximate surface area is 179 Å². The average Bonchev–Trinajstić information content (AvgIpc) is 2.74. The highest BCUT2D eigenvalue weighted by Crippen LogP contribution is 2.24. The number of hydrogen-bond donors (Lipinski definition) is 1. The third-order valence-electron chi connectivity index (χ3n) is 5.54. The Kier molecular flexibility index (Phi) is 7.02. The lowest BCUT2D eigenvalue weighted by Crippen LogP contribution is -2.45. The maximum absolute atomic E-state index is 12.9. The minimum atomic E-state index is -3.63. The van der Waals surface area contributed by atoms with Crippen LogP contribution in [-0.4, -0.2) is 39.7 Å². The van der Waals surface area contributed by atoms with E-state index in [-0.39, 0.29) is 5.91 Å². The van der Waals surface area contributed by atoms with Crippen molar-refractivity contribution in [3.05, 3.63) is 54.1 Å². The monoisotopic (exact) mass is 429 g/mol. The van der Waals surface area contributed by atoms with Crippen LogP contribution in [-0.2, 0) is 21.2 Å². The maximum Gasteiger partial charge on any atom is 0.247 e. The quantitative estimate of drug-likeness (QED) is 0.721. The zero-order chi connectivity index (χ0) is 21.7. The fourth-order valence-corrected chi connectivity index (χ4v) is 5.02. The van der Waals surface area contributed by atoms with Gasteiger partial charge in [-0.2, -0.15) is 0 Å². The van der Waals surface area contributed by atoms with Gasteiger partial charge in [0.15, 0.2) is 0 Å². The summed E-state index contributed by atoms with van der Waals surface area (Å²) in [4.78, 5) is 15.2. The molecule has 2 aromatic rings. The summed E-state index contributed by atoms with van der Waals surface area (Å²) in [6.45, 7) is 5.76. The first kappa shape index (κ1) is 22.2. The molecule has 7 heteroatoms. The van der Waals surface area contributed by atoms with Crippen molar-refractivity contribution in [2.75, 3.05) is 33.9 Å². The molecule has 1 N–H and O–H groups in total. The van der Waals surface area contributed by atoms with Crippen LogP contribution in [0.25, 0.3) is 0 Å². The summed E-state index contributed by atoms with van der Waals surface area (Å²) in [5.74, 6) is -0.370. The van der Waals surface area contributed by atoms with E-state index in [2.05, 4.69) is 10.2 Å². The summed E-state index contributed by atoms with van der Waals surface area (Å²) in [7, 11) is -3.63. The van der Waals surface area contributed by atoms with Crippen molar-refractivity contribution < 1.29 is 13.2 Å². The van der Waals surface area contributed by atoms with Gasteiger partial charge in [0, 0.05) is 24.5 Å². The second kappa shape index (κ2) is 9.51. The number of rotatable bonds is 7. The number of carbonyl (C=O) groups is 1. The van der Waals surface area contributed by atoms with Gasteiger partial charge in [-0.3, -0.25) is 9.10 Å². The van der Waals surface area contributed by atoms with Crippen molar-refractivity contribution >= 4 is 33.0 Å². The summed E-state index contributed by atoms with van der Waals surface area (Å²) in [5.41, 5.74) is 3.40. The van der Waals surface area contributed by atoms with Crippen molar-refractivity contribution in [3.8, 4) is 0 Å². The zero-order valence-electron chi connectivity index (χ0n) is 18.0. The first-order valence-corrected chi connectivity index (χ1v) is 12.4. The number of nitrogens with one attached hydrogen (secondary N) is 1. The highest BCUT2D eigenvalue weighted by Gasteiger charge is 2.29. The fourth-order valence-electron chi connectivity index (χ4n) is 3.84. The molecule has 1 fully saturated rings. The van der Waals surface area contributed by atoms with Crippen LogP contribution >= 0.6 is 0 Å². The largest absolute Gasteiger partial charge is 0.372 e. The lowest BCUT2D eigenvalue weighted by atomic mass is 10.1. The number of sulfonamides is 1. The van der Waals surface area contributed by atoms with E-state index >= 15 is 0 Å². The van der Waals surface area contributed by atoms with E-state index in [1.807, 2.05) is 43.3 Å². The standard InChI is InChI=1S/C23H31N3O3S/c1-4-19-8-12-22(13-9-19)26(30(3,28)29)18(2)23(27)24-20-10-14-21(15-11-20)25-16-6-5-7-17-25/h8-15,18H,4-7,16-17H2,1-3H3,(H,24,27)/t18-/m0/s1. The number of nitrogens with zero attached hydrogens (tertiary/aromatic N) is 2. The molecule has 3 rings (SSSR count). The van der Waals surface area contributed by atoms with Gasteiger partial charge >= 0.3 is 0 Å². The van der Waals surface area contributed by atoms with Crippen LogP contribution < -0.4 is 14.5 Å². The van der Waals surface area contributed by atoms with E-state index in [9.17, 15) is 13.2 Å². The molecular weight excluding hydrogens is 398 g/mol. The predicted octanol–water partition coefficient (Wildman–Crippen LogP) is 4.03. The molecule has 1 aliphatic rings. The number of aryl methyl sites for hydroxylation is 1. The van der Waals surface area contributed by atoms with Crippen molar-refractivity contribution in [2.45, 2.75) is 45.6 Å². The molecule has 0 aromatic heterocycles. The lowest BCUT2D eigenvalue weighted by Gasteiger charge is -2.29. The molecule has 1 aliphatic heterocycles. The van der Waals surface area contributed by atoms with Crippen molar-refractivity contribution in [1.29, 1.82) is 0 Å². The van der Waals surface area contributed by atoms with Crippen LogP contribution in [0, 0.1) is 0 Å². The van der Waals surface area contributed by atoms with Crippen molar-refractivity contribution in [2.24, 2.45) is 0 Å². The molecule has 1 amide bonds. The first-order valence-electron chi connectivity index (χ1n) is 10.5. The highest BCUT2D eigenvalue weighted by molar-refractivity contribution is 7.92. The van der Waals surface area contributed by atoms with Crippen LogP contribution in [0.2, 0.25) is 0 Å². The highest BCUT2D eigenvalue weighted by atomic mass is 32.2. The van der Waals surface area contributed by atoms with Crippen molar-refractivity contribution in [1.82, 2.24) is 0 Å². The van der Waals surface area contributed by atoms with E-state index in [1.165, 1.54) is 23.6 Å². The molecule has 0 unspecified atom stereocenters. The van der Waals surface area contributed by atoms with Crippen LogP contribution in [0.15, 0.2) is 48.5 Å². The number of hydrogen-bond acceptors (Lipinski definition) is 4. The smallest absolute Gasteiger partial charge is 0.247 e. The third-order valence-corrected chi connectivity index (χ3v) is 6.79. The Morgan fingerprint density at radius 1 is 1.03 bits per heavy atom. The van der Waals surface area contributed by atoms with Gasteiger partial charge in [0.1, 0.15) is 6.04 Å². The van der Waals surface area contributed by atoms with Crippen LogP contribution in [0.5, 0.6) is 0 Å². The summed E-state index contributed by atoms with van der Waals surface area (Å²) in [6, 6.07) is 14.1. The van der Waals surface area contributed by atoms with Gasteiger partial charge in [0.25, 0.3) is 0 Å². The van der Waals surface area contributed by atoms with Crippen LogP contribution in [0.1, 0.15) is 38.7 Å². The average molecular weight is 430 g/mol. The van der Waals surface area contributed by atoms with E-state index in [0.717, 1.165) is 37.0 Å². The number of piperidine rings is 1. The second-order valence-electron chi connectivity index (χ2n) is 7.84. The predicted molar refractivity (Wildman–Crippen MR) is 124 cm³/mol. The molecule has 2 aromatic carbocycles. The van der Waals surface area contributed by atoms with E-state index in [4.69, 9.17) is 0 Å². The van der Waals surface area contributed by atoms with Gasteiger partial charge in [-0.15, -0.1) is 0 Å². The molecule has 162 valence electrons. The van der Waals surface area contributed by atoms with Gasteiger partial charge in [0.2, 0.25) is 15.9 Å². The summed E-state index contributed by atoms with van der Waals surface area (Å²) >= 11 is 0. The molecule has 0 bridgehead atoms. The van der Waals surface area contributed by atoms with E-state index in [1.54, 1.807) is 19.1 Å². The van der Waals surface area contributed by atoms with E-state index in [0.29, 0.717) is 11.4 Å². The number of amides is 1. The van der Waals surface area contributed by atoms with Gasteiger partial charge in [-0.25, -0.2) is 8.42 Å². The zero-order valence-corrected chi connectivity index (χ0v) is 18.8. The minimum Gasteiger partial charge on any atom is -0.372 e. The van der Waals surface area contributed by atoms with Gasteiger partial charge in [0.05, 0.1) is 11.9 Å². The molecule has 1 saturated heterocycles. The third kappa shape index (κ3) is 5.33. The summed E-state index contributed by atoms with van der Waals surface area (Å²) in [5, 5.41) is 2.85. The number of benzene rings is 2. The minimum absolute atomic E-state index is 0.370. The molecule has 6 nitrogen and oxygen atoms in total. The van der Waals surface area contributed by atoms with Gasteiger partial charge in [-0.05, 0) is 74.6 Å². The summed E-state index contributed by atoms with van der Waals surface area (Å²) < 4.78 is 26.1. The molecule has 30 heavy (non-hydrogen) atoms. The van der Waals surface area contributed by atoms with Gasteiger partial charge in [-0.1, -0.05) is 19.1 Å². The Morgan fingerprint density at radius 3 is 2.17 bits per heavy atom. The maximum atomic E-state index is 12.9. The normalized spacial score (nSPS) is 15.5. The Balaban J connectivity index is 1.73. The topological polar surface area (TPSA) is 69.7 Å². The Morgan fingerprint density at radius 2 is 1.63 bits per heavy atom. The fraction of sp³-hybridized carbons (Fsp3) is 0.435. The molecule has 1 atom stereocenters. The number of anilines is 3. The molecule has 1 heterocycles. The van der Waals surface area contributed by atoms with E-state index < -0.39 is 16.1 Å². The Bertz CT molecular complexity index is 950. The lowest BCUT2D eigenvalue weighted by molar-refractivity contribution is -0.116. The molecule has 0 spiro atoms. The molecular formula is C23H31N3O3S. The number of carbonyl (C=O) groups excluding carboxylic acids is 1. The van der Waals surface area contributed by atoms with Gasteiger partial charge < -0.3 is 10.2 Å². The Hall–Kier alpha value is -2.54. The summed E-state index contributed by atoms with van der Waals surface area (Å²) in [6.07, 6.45) is 5.67.